The Balaban J connectivity index is 1.50. The highest BCUT2D eigenvalue weighted by molar-refractivity contribution is 6.39. The number of nitrogens with two attached hydrogens (primary N) is 1. The standard InChI is InChI=1S/C25H27NO4Si/c26-22(17-18-11-13-21(14-12-18)24(27)28)25(29)30-15-16-31-23(19-7-3-1-4-8-19)20-9-5-2-6-10-20/h1-14,22-23H,15-17,26,31H2,(H,27,28)/t22-/m0/s1. The second kappa shape index (κ2) is 11.2. The number of ether oxygens (including phenoxy) is 1. The lowest BCUT2D eigenvalue weighted by Crippen LogP contribution is -2.34. The number of hydrogen-bond donors (Lipinski definition) is 2. The van der Waals surface area contributed by atoms with Crippen molar-refractivity contribution in [1.82, 2.24) is 0 Å². The highest BCUT2D eigenvalue weighted by Gasteiger charge is 2.18. The quantitative estimate of drug-likeness (QED) is 0.291. The molecule has 0 spiro atoms. The van der Waals surface area contributed by atoms with E-state index >= 15 is 0 Å². The van der Waals surface area contributed by atoms with Crippen LogP contribution in [0.1, 0.15) is 32.6 Å². The van der Waals surface area contributed by atoms with Crippen LogP contribution in [0.25, 0.3) is 0 Å². The highest BCUT2D eigenvalue weighted by Crippen LogP contribution is 2.24. The van der Waals surface area contributed by atoms with Crippen LogP contribution in [0.15, 0.2) is 84.9 Å². The number of hydrogen-bond acceptors (Lipinski definition) is 4. The number of carboxylic acids is 1. The first-order valence-corrected chi connectivity index (χ1v) is 12.2. The Hall–Kier alpha value is -3.22. The smallest absolute Gasteiger partial charge is 0.335 e. The monoisotopic (exact) mass is 433 g/mol. The molecule has 0 bridgehead atoms. The van der Waals surface area contributed by atoms with Gasteiger partial charge in [-0.1, -0.05) is 72.8 Å². The number of benzene rings is 3. The zero-order valence-corrected chi connectivity index (χ0v) is 18.7. The third kappa shape index (κ3) is 6.63. The molecular weight excluding hydrogens is 406 g/mol. The first kappa shape index (κ1) is 22.5. The van der Waals surface area contributed by atoms with Gasteiger partial charge in [-0.2, -0.15) is 0 Å². The lowest BCUT2D eigenvalue weighted by Gasteiger charge is -2.18. The van der Waals surface area contributed by atoms with Crippen molar-refractivity contribution in [3.63, 3.8) is 0 Å². The minimum absolute atomic E-state index is 0.205. The molecule has 160 valence electrons. The van der Waals surface area contributed by atoms with E-state index in [0.29, 0.717) is 18.6 Å². The van der Waals surface area contributed by atoms with Crippen molar-refractivity contribution in [2.45, 2.75) is 24.0 Å². The molecule has 0 aromatic heterocycles. The predicted octanol–water partition coefficient (Wildman–Crippen LogP) is 3.17. The van der Waals surface area contributed by atoms with Crippen LogP contribution in [-0.2, 0) is 16.0 Å². The van der Waals surface area contributed by atoms with Gasteiger partial charge in [0.05, 0.1) is 12.2 Å². The average Bonchev–Trinajstić information content (AvgIpc) is 2.80. The van der Waals surface area contributed by atoms with E-state index in [0.717, 1.165) is 11.6 Å². The SMILES string of the molecule is N[C@@H](Cc1ccc(C(=O)O)cc1)C(=O)OCC[SiH2]C(c1ccccc1)c1ccccc1. The van der Waals surface area contributed by atoms with Crippen molar-refractivity contribution in [1.29, 1.82) is 0 Å². The van der Waals surface area contributed by atoms with Crippen LogP contribution in [-0.4, -0.2) is 39.2 Å². The summed E-state index contributed by atoms with van der Waals surface area (Å²) in [6.45, 7) is 0.368. The van der Waals surface area contributed by atoms with Crippen LogP contribution in [0.4, 0.5) is 0 Å². The van der Waals surface area contributed by atoms with Gasteiger partial charge in [0.2, 0.25) is 0 Å². The molecule has 0 aliphatic heterocycles. The number of rotatable bonds is 10. The van der Waals surface area contributed by atoms with E-state index in [-0.39, 0.29) is 5.56 Å². The minimum Gasteiger partial charge on any atom is -0.478 e. The van der Waals surface area contributed by atoms with Gasteiger partial charge in [-0.3, -0.25) is 4.79 Å². The van der Waals surface area contributed by atoms with E-state index in [4.69, 9.17) is 15.6 Å². The zero-order valence-electron chi connectivity index (χ0n) is 17.3. The fourth-order valence-electron chi connectivity index (χ4n) is 3.58. The molecule has 3 aromatic rings. The third-order valence-electron chi connectivity index (χ3n) is 5.24. The number of esters is 1. The van der Waals surface area contributed by atoms with Crippen LogP contribution in [0.2, 0.25) is 6.04 Å². The van der Waals surface area contributed by atoms with Crippen LogP contribution in [0, 0.1) is 0 Å². The minimum atomic E-state index is -0.983. The molecule has 0 radical (unpaired) electrons. The van der Waals surface area contributed by atoms with Crippen molar-refractivity contribution >= 4 is 21.5 Å². The van der Waals surface area contributed by atoms with Gasteiger partial charge in [-0.25, -0.2) is 4.79 Å². The maximum absolute atomic E-state index is 12.3. The first-order valence-electron chi connectivity index (χ1n) is 10.4. The molecular formula is C25H27NO4Si. The lowest BCUT2D eigenvalue weighted by atomic mass is 10.0. The molecule has 3 aromatic carbocycles. The van der Waals surface area contributed by atoms with Crippen molar-refractivity contribution < 1.29 is 19.4 Å². The second-order valence-corrected chi connectivity index (χ2v) is 9.60. The molecule has 3 N–H and O–H groups in total. The Kier molecular flexibility index (Phi) is 8.15. The Labute approximate surface area is 184 Å². The molecule has 0 aliphatic carbocycles. The number of carboxylic acid groups (broad SMARTS) is 1. The van der Waals surface area contributed by atoms with Gasteiger partial charge in [-0.05, 0) is 46.8 Å². The summed E-state index contributed by atoms with van der Waals surface area (Å²) in [5.41, 5.74) is 9.98. The summed E-state index contributed by atoms with van der Waals surface area (Å²) in [6.07, 6.45) is 0.312. The average molecular weight is 434 g/mol. The van der Waals surface area contributed by atoms with E-state index in [2.05, 4.69) is 48.5 Å². The molecule has 1 atom stereocenters. The van der Waals surface area contributed by atoms with E-state index in [1.165, 1.54) is 23.3 Å². The summed E-state index contributed by atoms with van der Waals surface area (Å²) in [5.74, 6) is -1.41. The molecule has 0 fully saturated rings. The summed E-state index contributed by atoms with van der Waals surface area (Å²) in [5, 5.41) is 8.96. The first-order chi connectivity index (χ1) is 15.0. The second-order valence-electron chi connectivity index (χ2n) is 7.50. The summed E-state index contributed by atoms with van der Waals surface area (Å²) in [7, 11) is -0.582. The fraction of sp³-hybridized carbons (Fsp3) is 0.200. The van der Waals surface area contributed by atoms with Gasteiger partial charge < -0.3 is 15.6 Å². The molecule has 0 amide bonds. The molecule has 6 heteroatoms. The van der Waals surface area contributed by atoms with Crippen LogP contribution < -0.4 is 5.73 Å². The normalized spacial score (nSPS) is 12.2. The summed E-state index contributed by atoms with van der Waals surface area (Å²) in [4.78, 5) is 23.2. The largest absolute Gasteiger partial charge is 0.478 e. The van der Waals surface area contributed by atoms with E-state index in [1.54, 1.807) is 12.1 Å². The molecule has 0 saturated heterocycles. The van der Waals surface area contributed by atoms with Crippen molar-refractivity contribution in [3.8, 4) is 0 Å². The van der Waals surface area contributed by atoms with Gasteiger partial charge in [-0.15, -0.1) is 0 Å². The van der Waals surface area contributed by atoms with Crippen molar-refractivity contribution in [2.24, 2.45) is 5.73 Å². The van der Waals surface area contributed by atoms with Crippen LogP contribution >= 0.6 is 0 Å². The molecule has 31 heavy (non-hydrogen) atoms. The van der Waals surface area contributed by atoms with Crippen molar-refractivity contribution in [3.05, 3.63) is 107 Å². The number of carbonyl (C=O) groups excluding carboxylic acids is 1. The Bertz CT molecular complexity index is 938. The summed E-state index contributed by atoms with van der Waals surface area (Å²) in [6, 6.07) is 27.3. The molecule has 0 saturated carbocycles. The van der Waals surface area contributed by atoms with Crippen LogP contribution in [0.3, 0.4) is 0 Å². The fourth-order valence-corrected chi connectivity index (χ4v) is 5.51. The lowest BCUT2D eigenvalue weighted by molar-refractivity contribution is -0.144. The van der Waals surface area contributed by atoms with E-state index < -0.39 is 27.5 Å². The van der Waals surface area contributed by atoms with Gasteiger partial charge >= 0.3 is 11.9 Å². The molecule has 5 nitrogen and oxygen atoms in total. The highest BCUT2D eigenvalue weighted by atomic mass is 28.2. The zero-order chi connectivity index (χ0) is 22.1. The van der Waals surface area contributed by atoms with E-state index in [9.17, 15) is 9.59 Å². The number of carbonyl (C=O) groups is 2. The Morgan fingerprint density at radius 3 is 1.94 bits per heavy atom. The van der Waals surface area contributed by atoms with Gasteiger partial charge in [0.25, 0.3) is 0 Å². The van der Waals surface area contributed by atoms with Gasteiger partial charge in [0.1, 0.15) is 6.04 Å². The topological polar surface area (TPSA) is 89.6 Å². The number of aromatic carboxylic acids is 1. The molecule has 0 heterocycles. The molecule has 0 aliphatic rings. The maximum atomic E-state index is 12.3. The molecule has 3 rings (SSSR count). The Morgan fingerprint density at radius 1 is 0.871 bits per heavy atom. The van der Waals surface area contributed by atoms with Crippen molar-refractivity contribution in [2.75, 3.05) is 6.61 Å². The van der Waals surface area contributed by atoms with Gasteiger partial charge in [0, 0.05) is 9.52 Å². The third-order valence-corrected chi connectivity index (χ3v) is 7.46. The predicted molar refractivity (Wildman–Crippen MR) is 124 cm³/mol. The maximum Gasteiger partial charge on any atom is 0.335 e. The Morgan fingerprint density at radius 2 is 1.42 bits per heavy atom. The summed E-state index contributed by atoms with van der Waals surface area (Å²) < 4.78 is 5.44. The van der Waals surface area contributed by atoms with E-state index in [1.807, 2.05) is 12.1 Å². The molecule has 0 unspecified atom stereocenters. The van der Waals surface area contributed by atoms with Crippen LogP contribution in [0.5, 0.6) is 0 Å². The summed E-state index contributed by atoms with van der Waals surface area (Å²) >= 11 is 0. The van der Waals surface area contributed by atoms with Gasteiger partial charge in [0.15, 0.2) is 0 Å².